The quantitative estimate of drug-likeness (QED) is 0.397. The van der Waals surface area contributed by atoms with E-state index in [4.69, 9.17) is 4.98 Å². The number of aromatic nitrogens is 1. The number of carbonyl (C=O) groups excluding carboxylic acids is 1. The lowest BCUT2D eigenvalue weighted by Crippen LogP contribution is -2.15. The first-order valence-electron chi connectivity index (χ1n) is 10.4. The third-order valence-corrected chi connectivity index (χ3v) is 5.76. The minimum atomic E-state index is -0.112. The largest absolute Gasteiger partial charge is 0.322 e. The molecule has 3 heteroatoms. The van der Waals surface area contributed by atoms with E-state index in [0.717, 1.165) is 39.8 Å². The molecule has 0 aliphatic carbocycles. The highest BCUT2D eigenvalue weighted by Gasteiger charge is 2.19. The van der Waals surface area contributed by atoms with Gasteiger partial charge in [-0.1, -0.05) is 74.5 Å². The molecule has 30 heavy (non-hydrogen) atoms. The summed E-state index contributed by atoms with van der Waals surface area (Å²) in [6.45, 7) is 6.37. The monoisotopic (exact) mass is 394 g/mol. The first-order chi connectivity index (χ1) is 14.6. The van der Waals surface area contributed by atoms with Crippen molar-refractivity contribution < 1.29 is 4.79 Å². The van der Waals surface area contributed by atoms with Gasteiger partial charge >= 0.3 is 0 Å². The molecule has 0 aliphatic rings. The molecule has 0 radical (unpaired) electrons. The number of carbonyl (C=O) groups is 1. The van der Waals surface area contributed by atoms with Crippen LogP contribution in [0.4, 0.5) is 5.69 Å². The van der Waals surface area contributed by atoms with E-state index in [1.165, 1.54) is 5.56 Å². The van der Waals surface area contributed by atoms with Crippen LogP contribution < -0.4 is 5.32 Å². The molecule has 4 rings (SSSR count). The number of hydrogen-bond donors (Lipinski definition) is 1. The van der Waals surface area contributed by atoms with Gasteiger partial charge in [0.25, 0.3) is 5.91 Å². The summed E-state index contributed by atoms with van der Waals surface area (Å²) in [5, 5.41) is 3.95. The molecule has 1 amide bonds. The van der Waals surface area contributed by atoms with E-state index in [9.17, 15) is 4.79 Å². The van der Waals surface area contributed by atoms with Crippen molar-refractivity contribution in [2.75, 3.05) is 5.32 Å². The first kappa shape index (κ1) is 19.8. The fraction of sp³-hybridized carbons (Fsp3) is 0.185. The lowest BCUT2D eigenvalue weighted by Gasteiger charge is -2.15. The van der Waals surface area contributed by atoms with Gasteiger partial charge in [0.2, 0.25) is 0 Å². The van der Waals surface area contributed by atoms with Crippen molar-refractivity contribution in [1.82, 2.24) is 4.98 Å². The van der Waals surface area contributed by atoms with Crippen LogP contribution in [0.2, 0.25) is 0 Å². The molecular weight excluding hydrogens is 368 g/mol. The zero-order chi connectivity index (χ0) is 21.1. The molecule has 1 aromatic heterocycles. The van der Waals surface area contributed by atoms with Crippen LogP contribution in [0.5, 0.6) is 0 Å². The summed E-state index contributed by atoms with van der Waals surface area (Å²) in [6.07, 6.45) is 1.09. The molecule has 4 aromatic rings. The highest BCUT2D eigenvalue weighted by atomic mass is 16.1. The second kappa shape index (κ2) is 8.50. The van der Waals surface area contributed by atoms with Gasteiger partial charge in [0.1, 0.15) is 0 Å². The van der Waals surface area contributed by atoms with E-state index < -0.39 is 0 Å². The number of amides is 1. The van der Waals surface area contributed by atoms with E-state index in [1.54, 1.807) is 0 Å². The third-order valence-electron chi connectivity index (χ3n) is 5.76. The second-order valence-corrected chi connectivity index (χ2v) is 7.73. The van der Waals surface area contributed by atoms with Crippen molar-refractivity contribution in [3.8, 4) is 11.3 Å². The first-order valence-corrected chi connectivity index (χ1v) is 10.4. The van der Waals surface area contributed by atoms with Gasteiger partial charge in [-0.25, -0.2) is 4.98 Å². The Morgan fingerprint density at radius 3 is 2.30 bits per heavy atom. The normalized spacial score (nSPS) is 12.0. The molecule has 1 heterocycles. The second-order valence-electron chi connectivity index (χ2n) is 7.73. The number of rotatable bonds is 5. The molecule has 0 saturated heterocycles. The summed E-state index contributed by atoms with van der Waals surface area (Å²) < 4.78 is 0. The summed E-state index contributed by atoms with van der Waals surface area (Å²) in [5.74, 6) is 0.397. The van der Waals surface area contributed by atoms with Crippen LogP contribution in [0.1, 0.15) is 47.7 Å². The van der Waals surface area contributed by atoms with E-state index in [1.807, 2.05) is 73.7 Å². The molecule has 0 saturated carbocycles. The standard InChI is InChI=1S/C27H26N2O/c1-4-18(2)20-14-16-22(17-15-20)28-27(30)25-19(3)26(21-10-6-5-7-11-21)29-24-13-9-8-12-23(24)25/h5-18H,4H2,1-3H3,(H,28,30). The Labute approximate surface area is 177 Å². The van der Waals surface area contributed by atoms with E-state index in [2.05, 4.69) is 31.3 Å². The van der Waals surface area contributed by atoms with Crippen molar-refractivity contribution in [2.45, 2.75) is 33.1 Å². The van der Waals surface area contributed by atoms with Crippen LogP contribution in [-0.4, -0.2) is 10.9 Å². The number of nitrogens with one attached hydrogen (secondary N) is 1. The molecule has 1 N–H and O–H groups in total. The molecule has 1 atom stereocenters. The highest BCUT2D eigenvalue weighted by molar-refractivity contribution is 6.14. The topological polar surface area (TPSA) is 42.0 Å². The zero-order valence-corrected chi connectivity index (χ0v) is 17.6. The average molecular weight is 395 g/mol. The van der Waals surface area contributed by atoms with Crippen LogP contribution in [0.15, 0.2) is 78.9 Å². The number of nitrogens with zero attached hydrogens (tertiary/aromatic N) is 1. The van der Waals surface area contributed by atoms with Gasteiger partial charge in [0, 0.05) is 16.6 Å². The molecule has 3 nitrogen and oxygen atoms in total. The van der Waals surface area contributed by atoms with Gasteiger partial charge in [-0.05, 0) is 48.6 Å². The molecule has 1 unspecified atom stereocenters. The Morgan fingerprint density at radius 2 is 1.60 bits per heavy atom. The number of anilines is 1. The molecule has 0 fully saturated rings. The predicted octanol–water partition coefficient (Wildman–Crippen LogP) is 6.98. The molecule has 150 valence electrons. The lowest BCUT2D eigenvalue weighted by atomic mass is 9.96. The van der Waals surface area contributed by atoms with Crippen LogP contribution in [0, 0.1) is 6.92 Å². The lowest BCUT2D eigenvalue weighted by molar-refractivity contribution is 0.102. The maximum atomic E-state index is 13.4. The fourth-order valence-corrected chi connectivity index (χ4v) is 3.80. The molecule has 0 spiro atoms. The van der Waals surface area contributed by atoms with E-state index in [0.29, 0.717) is 11.5 Å². The molecule has 3 aromatic carbocycles. The van der Waals surface area contributed by atoms with Crippen LogP contribution in [0.25, 0.3) is 22.2 Å². The average Bonchev–Trinajstić information content (AvgIpc) is 2.79. The van der Waals surface area contributed by atoms with E-state index >= 15 is 0 Å². The van der Waals surface area contributed by atoms with Crippen molar-refractivity contribution >= 4 is 22.5 Å². The highest BCUT2D eigenvalue weighted by Crippen LogP contribution is 2.30. The van der Waals surface area contributed by atoms with E-state index in [-0.39, 0.29) is 5.91 Å². The van der Waals surface area contributed by atoms with Gasteiger partial charge in [-0.2, -0.15) is 0 Å². The third kappa shape index (κ3) is 3.84. The maximum absolute atomic E-state index is 13.4. The Hall–Kier alpha value is -3.46. The smallest absolute Gasteiger partial charge is 0.256 e. The van der Waals surface area contributed by atoms with Crippen molar-refractivity contribution in [2.24, 2.45) is 0 Å². The van der Waals surface area contributed by atoms with Crippen LogP contribution in [0.3, 0.4) is 0 Å². The van der Waals surface area contributed by atoms with Gasteiger partial charge in [-0.3, -0.25) is 4.79 Å². The number of hydrogen-bond acceptors (Lipinski definition) is 2. The Balaban J connectivity index is 1.76. The Kier molecular flexibility index (Phi) is 5.62. The molecule has 0 aliphatic heterocycles. The minimum Gasteiger partial charge on any atom is -0.322 e. The summed E-state index contributed by atoms with van der Waals surface area (Å²) in [7, 11) is 0. The number of fused-ring (bicyclic) bond motifs is 1. The van der Waals surface area contributed by atoms with Gasteiger partial charge in [0.05, 0.1) is 16.8 Å². The molecule has 0 bridgehead atoms. The molecular formula is C27H26N2O. The SMILES string of the molecule is CCC(C)c1ccc(NC(=O)c2c(C)c(-c3ccccc3)nc3ccccc23)cc1. The summed E-state index contributed by atoms with van der Waals surface area (Å²) >= 11 is 0. The van der Waals surface area contributed by atoms with Gasteiger partial charge in [-0.15, -0.1) is 0 Å². The summed E-state index contributed by atoms with van der Waals surface area (Å²) in [6, 6.07) is 26.0. The fourth-order valence-electron chi connectivity index (χ4n) is 3.80. The van der Waals surface area contributed by atoms with Gasteiger partial charge in [0.15, 0.2) is 0 Å². The number of para-hydroxylation sites is 1. The van der Waals surface area contributed by atoms with Crippen LogP contribution in [-0.2, 0) is 0 Å². The summed E-state index contributed by atoms with van der Waals surface area (Å²) in [5.41, 5.74) is 6.30. The summed E-state index contributed by atoms with van der Waals surface area (Å²) in [4.78, 5) is 18.2. The maximum Gasteiger partial charge on any atom is 0.256 e. The zero-order valence-electron chi connectivity index (χ0n) is 17.6. The number of pyridine rings is 1. The van der Waals surface area contributed by atoms with Crippen molar-refractivity contribution in [1.29, 1.82) is 0 Å². The van der Waals surface area contributed by atoms with Crippen LogP contribution >= 0.6 is 0 Å². The minimum absolute atomic E-state index is 0.112. The van der Waals surface area contributed by atoms with Crippen molar-refractivity contribution in [3.63, 3.8) is 0 Å². The van der Waals surface area contributed by atoms with Gasteiger partial charge < -0.3 is 5.32 Å². The Bertz CT molecular complexity index is 1180. The number of benzene rings is 3. The van der Waals surface area contributed by atoms with Crippen molar-refractivity contribution in [3.05, 3.63) is 95.6 Å². The Morgan fingerprint density at radius 1 is 0.933 bits per heavy atom. The predicted molar refractivity (Wildman–Crippen MR) is 125 cm³/mol.